The van der Waals surface area contributed by atoms with E-state index in [4.69, 9.17) is 5.73 Å². The van der Waals surface area contributed by atoms with Crippen molar-refractivity contribution < 1.29 is 24.3 Å². The molecule has 3 amide bonds. The lowest BCUT2D eigenvalue weighted by Crippen LogP contribution is -2.71. The summed E-state index contributed by atoms with van der Waals surface area (Å²) in [5.41, 5.74) is 6.47. The molecule has 164 valence electrons. The molecule has 0 aromatic heterocycles. The number of hydrogen-bond donors (Lipinski definition) is 3. The highest BCUT2D eigenvalue weighted by atomic mass is 32.2. The third-order valence-electron chi connectivity index (χ3n) is 5.81. The fourth-order valence-electron chi connectivity index (χ4n) is 4.13. The maximum absolute atomic E-state index is 12.9. The number of β-lactam (4-membered cyclic amide) rings is 1. The number of carboxylic acid groups (broad SMARTS) is 1. The molecule has 1 aromatic rings. The number of carbonyl (C=O) groups is 4. The second-order valence-corrected chi connectivity index (χ2v) is 8.87. The van der Waals surface area contributed by atoms with Crippen LogP contribution in [-0.4, -0.2) is 68.9 Å². The molecule has 1 aromatic carbocycles. The van der Waals surface area contributed by atoms with Crippen LogP contribution in [0.5, 0.6) is 0 Å². The van der Waals surface area contributed by atoms with E-state index in [-0.39, 0.29) is 22.9 Å². The van der Waals surface area contributed by atoms with Crippen LogP contribution in [-0.2, 0) is 19.2 Å². The molecule has 0 saturated carbocycles. The van der Waals surface area contributed by atoms with Gasteiger partial charge < -0.3 is 21.1 Å². The van der Waals surface area contributed by atoms with Crippen LogP contribution in [0.15, 0.2) is 41.6 Å². The van der Waals surface area contributed by atoms with E-state index in [1.807, 2.05) is 6.07 Å². The maximum atomic E-state index is 12.9. The first-order valence-electron chi connectivity index (χ1n) is 10.2. The molecule has 0 bridgehead atoms. The summed E-state index contributed by atoms with van der Waals surface area (Å²) in [4.78, 5) is 53.0. The van der Waals surface area contributed by atoms with E-state index in [0.29, 0.717) is 18.7 Å². The van der Waals surface area contributed by atoms with Crippen LogP contribution in [0.4, 0.5) is 0 Å². The molecular weight excluding hydrogens is 420 g/mol. The van der Waals surface area contributed by atoms with E-state index < -0.39 is 35.2 Å². The SMILES string of the molecule is N[C@@H](C(=O)NC1C(=O)N2C(C(=O)O)=C(C(=O)N3CCCCC3)CS[C@H]12)c1ccccc1. The molecule has 3 aliphatic rings. The van der Waals surface area contributed by atoms with Gasteiger partial charge in [-0.3, -0.25) is 19.3 Å². The molecule has 3 atom stereocenters. The number of aliphatic carboxylic acids is 1. The number of nitrogens with two attached hydrogens (primary N) is 1. The van der Waals surface area contributed by atoms with E-state index in [2.05, 4.69) is 5.32 Å². The number of hydrogen-bond acceptors (Lipinski definition) is 6. The lowest BCUT2D eigenvalue weighted by atomic mass is 10.0. The van der Waals surface area contributed by atoms with E-state index >= 15 is 0 Å². The quantitative estimate of drug-likeness (QED) is 0.561. The van der Waals surface area contributed by atoms with Gasteiger partial charge in [0.2, 0.25) is 5.91 Å². The van der Waals surface area contributed by atoms with Crippen molar-refractivity contribution in [1.82, 2.24) is 15.1 Å². The summed E-state index contributed by atoms with van der Waals surface area (Å²) in [6, 6.07) is 6.95. The molecule has 3 aliphatic heterocycles. The molecule has 0 aliphatic carbocycles. The zero-order valence-corrected chi connectivity index (χ0v) is 17.6. The maximum Gasteiger partial charge on any atom is 0.353 e. The van der Waals surface area contributed by atoms with Gasteiger partial charge in [0.05, 0.1) is 5.57 Å². The third-order valence-corrected chi connectivity index (χ3v) is 7.09. The van der Waals surface area contributed by atoms with Crippen LogP contribution < -0.4 is 11.1 Å². The topological polar surface area (TPSA) is 133 Å². The molecule has 3 heterocycles. The van der Waals surface area contributed by atoms with E-state index in [1.54, 1.807) is 29.2 Å². The Morgan fingerprint density at radius 2 is 1.81 bits per heavy atom. The normalized spacial score (nSPS) is 24.2. The van der Waals surface area contributed by atoms with Crippen LogP contribution in [0.25, 0.3) is 0 Å². The first kappa shape index (κ1) is 21.4. The number of thioether (sulfide) groups is 1. The minimum Gasteiger partial charge on any atom is -0.477 e. The van der Waals surface area contributed by atoms with Crippen molar-refractivity contribution in [2.24, 2.45) is 5.73 Å². The summed E-state index contributed by atoms with van der Waals surface area (Å²) in [6.07, 6.45) is 2.81. The molecular formula is C21H24N4O5S. The van der Waals surface area contributed by atoms with Gasteiger partial charge in [0.1, 0.15) is 23.2 Å². The van der Waals surface area contributed by atoms with Gasteiger partial charge in [0.25, 0.3) is 11.8 Å². The molecule has 31 heavy (non-hydrogen) atoms. The van der Waals surface area contributed by atoms with Crippen LogP contribution >= 0.6 is 11.8 Å². The van der Waals surface area contributed by atoms with Gasteiger partial charge in [-0.15, -0.1) is 11.8 Å². The number of benzene rings is 1. The number of nitrogens with one attached hydrogen (secondary N) is 1. The Balaban J connectivity index is 1.50. The van der Waals surface area contributed by atoms with Crippen molar-refractivity contribution in [2.75, 3.05) is 18.8 Å². The van der Waals surface area contributed by atoms with Crippen LogP contribution in [0.1, 0.15) is 30.9 Å². The number of carboxylic acids is 1. The summed E-state index contributed by atoms with van der Waals surface area (Å²) < 4.78 is 0. The zero-order valence-electron chi connectivity index (χ0n) is 16.8. The molecule has 9 nitrogen and oxygen atoms in total. The number of piperidine rings is 1. The Labute approximate surface area is 183 Å². The number of likely N-dealkylation sites (tertiary alicyclic amines) is 1. The zero-order chi connectivity index (χ0) is 22.1. The second kappa shape index (κ2) is 8.72. The fraction of sp³-hybridized carbons (Fsp3) is 0.429. The van der Waals surface area contributed by atoms with E-state index in [9.17, 15) is 24.3 Å². The van der Waals surface area contributed by atoms with Crippen LogP contribution in [0.3, 0.4) is 0 Å². The molecule has 0 radical (unpaired) electrons. The Morgan fingerprint density at radius 3 is 2.45 bits per heavy atom. The van der Waals surface area contributed by atoms with Crippen molar-refractivity contribution in [3.8, 4) is 0 Å². The molecule has 1 unspecified atom stereocenters. The Kier molecular flexibility index (Phi) is 6.01. The summed E-state index contributed by atoms with van der Waals surface area (Å²) in [6.45, 7) is 1.18. The number of nitrogens with zero attached hydrogens (tertiary/aromatic N) is 2. The Morgan fingerprint density at radius 1 is 1.13 bits per heavy atom. The van der Waals surface area contributed by atoms with E-state index in [0.717, 1.165) is 24.2 Å². The number of fused-ring (bicyclic) bond motifs is 1. The Bertz CT molecular complexity index is 944. The van der Waals surface area contributed by atoms with Crippen molar-refractivity contribution in [3.63, 3.8) is 0 Å². The number of amides is 3. The van der Waals surface area contributed by atoms with Crippen molar-refractivity contribution in [1.29, 1.82) is 0 Å². The minimum atomic E-state index is -1.32. The van der Waals surface area contributed by atoms with Gasteiger partial charge in [-0.25, -0.2) is 4.79 Å². The van der Waals surface area contributed by atoms with Crippen LogP contribution in [0.2, 0.25) is 0 Å². The molecule has 4 rings (SSSR count). The van der Waals surface area contributed by atoms with Crippen molar-refractivity contribution in [2.45, 2.75) is 36.7 Å². The van der Waals surface area contributed by atoms with Gasteiger partial charge in [-0.2, -0.15) is 0 Å². The Hall–Kier alpha value is -2.85. The summed E-state index contributed by atoms with van der Waals surface area (Å²) in [7, 11) is 0. The minimum absolute atomic E-state index is 0.134. The predicted octanol–water partition coefficient (Wildman–Crippen LogP) is 0.438. The predicted molar refractivity (Wildman–Crippen MR) is 113 cm³/mol. The molecule has 2 saturated heterocycles. The largest absolute Gasteiger partial charge is 0.477 e. The smallest absolute Gasteiger partial charge is 0.353 e. The standard InChI is InChI=1S/C21H24N4O5S/c22-14(12-7-3-1-4-8-12)17(26)23-15-19(28)25-16(21(29)30)13(11-31-20(15)25)18(27)24-9-5-2-6-10-24/h1,3-4,7-8,14-15,20H,2,5-6,9-11,22H2,(H,23,26)(H,29,30)/t14-,15?,20-/m1/s1. The summed E-state index contributed by atoms with van der Waals surface area (Å²) in [5, 5.41) is 11.8. The fourth-order valence-corrected chi connectivity index (χ4v) is 5.46. The van der Waals surface area contributed by atoms with Gasteiger partial charge in [0, 0.05) is 18.8 Å². The third kappa shape index (κ3) is 3.92. The summed E-state index contributed by atoms with van der Waals surface area (Å²) >= 11 is 1.28. The lowest BCUT2D eigenvalue weighted by Gasteiger charge is -2.49. The van der Waals surface area contributed by atoms with Crippen molar-refractivity contribution >= 4 is 35.5 Å². The lowest BCUT2D eigenvalue weighted by molar-refractivity contribution is -0.151. The van der Waals surface area contributed by atoms with Gasteiger partial charge in [0.15, 0.2) is 0 Å². The molecule has 2 fully saturated rings. The van der Waals surface area contributed by atoms with Crippen LogP contribution in [0, 0.1) is 0 Å². The van der Waals surface area contributed by atoms with Gasteiger partial charge in [-0.05, 0) is 24.8 Å². The second-order valence-electron chi connectivity index (χ2n) is 7.77. The molecule has 10 heteroatoms. The first-order chi connectivity index (χ1) is 14.9. The highest BCUT2D eigenvalue weighted by Gasteiger charge is 2.55. The summed E-state index contributed by atoms with van der Waals surface area (Å²) in [5.74, 6) is -2.53. The monoisotopic (exact) mass is 444 g/mol. The van der Waals surface area contributed by atoms with Crippen molar-refractivity contribution in [3.05, 3.63) is 47.2 Å². The van der Waals surface area contributed by atoms with Gasteiger partial charge >= 0.3 is 5.97 Å². The van der Waals surface area contributed by atoms with E-state index in [1.165, 1.54) is 11.8 Å². The number of carbonyl (C=O) groups excluding carboxylic acids is 3. The average Bonchev–Trinajstić information content (AvgIpc) is 2.81. The first-order valence-corrected chi connectivity index (χ1v) is 11.3. The molecule has 0 spiro atoms. The highest BCUT2D eigenvalue weighted by Crippen LogP contribution is 2.41. The van der Waals surface area contributed by atoms with Gasteiger partial charge in [-0.1, -0.05) is 30.3 Å². The molecule has 4 N–H and O–H groups in total. The highest BCUT2D eigenvalue weighted by molar-refractivity contribution is 8.00. The number of rotatable bonds is 5. The average molecular weight is 445 g/mol.